The van der Waals surface area contributed by atoms with Crippen LogP contribution in [0.4, 0.5) is 0 Å². The third kappa shape index (κ3) is 4.97. The number of nitrogens with one attached hydrogen (secondary N) is 2. The van der Waals surface area contributed by atoms with Crippen molar-refractivity contribution in [2.75, 3.05) is 19.7 Å². The van der Waals surface area contributed by atoms with Crippen LogP contribution in [-0.2, 0) is 11.2 Å². The Morgan fingerprint density at radius 1 is 1.43 bits per heavy atom. The zero-order valence-electron chi connectivity index (χ0n) is 13.1. The first kappa shape index (κ1) is 16.8. The predicted octanol–water partition coefficient (Wildman–Crippen LogP) is 3.37. The topological polar surface area (TPSA) is 46.2 Å². The molecule has 2 N–H and O–H groups in total. The van der Waals surface area contributed by atoms with Crippen LogP contribution in [0.2, 0.25) is 0 Å². The Kier molecular flexibility index (Phi) is 5.99. The van der Waals surface area contributed by atoms with E-state index in [-0.39, 0.29) is 0 Å². The van der Waals surface area contributed by atoms with Gasteiger partial charge in [-0.1, -0.05) is 0 Å². The van der Waals surface area contributed by atoms with Crippen molar-refractivity contribution in [3.05, 3.63) is 27.4 Å². The van der Waals surface area contributed by atoms with Crippen molar-refractivity contribution in [2.45, 2.75) is 32.3 Å². The molecule has 3 heterocycles. The normalized spacial score (nSPS) is 17.3. The van der Waals surface area contributed by atoms with E-state index in [2.05, 4.69) is 33.1 Å². The van der Waals surface area contributed by atoms with Crippen LogP contribution >= 0.6 is 34.9 Å². The SMILES string of the molecule is Cc1nc(-c2ccc(CCNC(=S)NC[C@@H]3CCCO3)s2)cs1. The Balaban J connectivity index is 1.38. The lowest BCUT2D eigenvalue weighted by molar-refractivity contribution is 0.114. The minimum atomic E-state index is 0.316. The number of aromatic nitrogens is 1. The van der Waals surface area contributed by atoms with Gasteiger partial charge in [0.15, 0.2) is 5.11 Å². The third-order valence-electron chi connectivity index (χ3n) is 3.70. The number of thiazole rings is 1. The highest BCUT2D eigenvalue weighted by Crippen LogP contribution is 2.29. The molecule has 0 saturated carbocycles. The molecule has 0 amide bonds. The molecule has 7 heteroatoms. The van der Waals surface area contributed by atoms with Gasteiger partial charge in [0.2, 0.25) is 0 Å². The molecule has 1 fully saturated rings. The summed E-state index contributed by atoms with van der Waals surface area (Å²) in [6.07, 6.45) is 3.57. The van der Waals surface area contributed by atoms with Gasteiger partial charge >= 0.3 is 0 Å². The number of aryl methyl sites for hydroxylation is 1. The lowest BCUT2D eigenvalue weighted by atomic mass is 10.2. The van der Waals surface area contributed by atoms with Crippen LogP contribution in [-0.4, -0.2) is 35.9 Å². The number of nitrogens with zero attached hydrogens (tertiary/aromatic N) is 1. The van der Waals surface area contributed by atoms with Gasteiger partial charge in [-0.05, 0) is 50.5 Å². The van der Waals surface area contributed by atoms with Crippen LogP contribution in [0.15, 0.2) is 17.5 Å². The summed E-state index contributed by atoms with van der Waals surface area (Å²) in [6, 6.07) is 4.34. The van der Waals surface area contributed by atoms with Gasteiger partial charge in [0.1, 0.15) is 0 Å². The molecular weight excluding hydrogens is 346 g/mol. The van der Waals surface area contributed by atoms with E-state index >= 15 is 0 Å². The molecule has 0 aromatic carbocycles. The lowest BCUT2D eigenvalue weighted by Crippen LogP contribution is -2.40. The first-order chi connectivity index (χ1) is 11.2. The van der Waals surface area contributed by atoms with Gasteiger partial charge in [0.25, 0.3) is 0 Å². The molecule has 23 heavy (non-hydrogen) atoms. The molecule has 1 aliphatic heterocycles. The van der Waals surface area contributed by atoms with Crippen LogP contribution in [0.25, 0.3) is 10.6 Å². The molecule has 0 radical (unpaired) electrons. The molecule has 1 aliphatic rings. The van der Waals surface area contributed by atoms with Gasteiger partial charge in [0.05, 0.1) is 21.7 Å². The van der Waals surface area contributed by atoms with E-state index in [4.69, 9.17) is 17.0 Å². The second-order valence-corrected chi connectivity index (χ2v) is 8.18. The van der Waals surface area contributed by atoms with Crippen LogP contribution < -0.4 is 10.6 Å². The van der Waals surface area contributed by atoms with Crippen molar-refractivity contribution in [3.63, 3.8) is 0 Å². The minimum absolute atomic E-state index is 0.316. The fourth-order valence-corrected chi connectivity index (χ4v) is 4.34. The molecular formula is C16H21N3OS3. The molecule has 0 spiro atoms. The van der Waals surface area contributed by atoms with Gasteiger partial charge in [0, 0.05) is 30.0 Å². The van der Waals surface area contributed by atoms with E-state index in [0.29, 0.717) is 11.2 Å². The molecule has 4 nitrogen and oxygen atoms in total. The quantitative estimate of drug-likeness (QED) is 0.767. The Morgan fingerprint density at radius 2 is 2.35 bits per heavy atom. The first-order valence-electron chi connectivity index (χ1n) is 7.85. The van der Waals surface area contributed by atoms with E-state index in [0.717, 1.165) is 49.7 Å². The van der Waals surface area contributed by atoms with Gasteiger partial charge in [-0.25, -0.2) is 4.98 Å². The van der Waals surface area contributed by atoms with Crippen LogP contribution in [0.1, 0.15) is 22.7 Å². The first-order valence-corrected chi connectivity index (χ1v) is 9.95. The van der Waals surface area contributed by atoms with Gasteiger partial charge in [-0.2, -0.15) is 0 Å². The number of ether oxygens (including phenoxy) is 1. The number of hydrogen-bond donors (Lipinski definition) is 2. The standard InChI is InChI=1S/C16H21N3OS3/c1-11-19-14(10-22-11)15-5-4-13(23-15)6-7-17-16(21)18-9-12-3-2-8-20-12/h4-5,10,12H,2-3,6-9H2,1H3,(H2,17,18,21)/t12-/m0/s1. The molecule has 2 aromatic rings. The average molecular weight is 368 g/mol. The summed E-state index contributed by atoms with van der Waals surface area (Å²) >= 11 is 8.80. The summed E-state index contributed by atoms with van der Waals surface area (Å²) in [5.74, 6) is 0. The monoisotopic (exact) mass is 367 g/mol. The maximum absolute atomic E-state index is 5.57. The predicted molar refractivity (Wildman–Crippen MR) is 101 cm³/mol. The fraction of sp³-hybridized carbons (Fsp3) is 0.500. The minimum Gasteiger partial charge on any atom is -0.376 e. The van der Waals surface area contributed by atoms with Crippen molar-refractivity contribution in [3.8, 4) is 10.6 Å². The summed E-state index contributed by atoms with van der Waals surface area (Å²) in [7, 11) is 0. The molecule has 0 aliphatic carbocycles. The van der Waals surface area contributed by atoms with Gasteiger partial charge in [-0.15, -0.1) is 22.7 Å². The highest BCUT2D eigenvalue weighted by atomic mass is 32.1. The van der Waals surface area contributed by atoms with Crippen molar-refractivity contribution < 1.29 is 4.74 Å². The van der Waals surface area contributed by atoms with Gasteiger partial charge < -0.3 is 15.4 Å². The van der Waals surface area contributed by atoms with E-state index in [9.17, 15) is 0 Å². The van der Waals surface area contributed by atoms with E-state index in [1.807, 2.05) is 6.92 Å². The fourth-order valence-electron chi connectivity index (χ4n) is 2.50. The molecule has 1 atom stereocenters. The Morgan fingerprint density at radius 3 is 3.09 bits per heavy atom. The van der Waals surface area contributed by atoms with E-state index in [1.54, 1.807) is 22.7 Å². The smallest absolute Gasteiger partial charge is 0.166 e. The highest BCUT2D eigenvalue weighted by Gasteiger charge is 2.15. The van der Waals surface area contributed by atoms with Crippen LogP contribution in [0.3, 0.4) is 0 Å². The van der Waals surface area contributed by atoms with Gasteiger partial charge in [-0.3, -0.25) is 0 Å². The Hall–Kier alpha value is -1.02. The highest BCUT2D eigenvalue weighted by molar-refractivity contribution is 7.80. The van der Waals surface area contributed by atoms with E-state index < -0.39 is 0 Å². The Labute approximate surface area is 150 Å². The van der Waals surface area contributed by atoms with E-state index in [1.165, 1.54) is 9.75 Å². The average Bonchev–Trinajstić information content (AvgIpc) is 3.26. The van der Waals surface area contributed by atoms with Crippen molar-refractivity contribution in [1.82, 2.24) is 15.6 Å². The zero-order valence-corrected chi connectivity index (χ0v) is 15.6. The van der Waals surface area contributed by atoms with Crippen molar-refractivity contribution in [1.29, 1.82) is 0 Å². The summed E-state index contributed by atoms with van der Waals surface area (Å²) < 4.78 is 5.57. The summed E-state index contributed by atoms with van der Waals surface area (Å²) in [4.78, 5) is 7.12. The number of thiocarbonyl (C=S) groups is 1. The number of hydrogen-bond acceptors (Lipinski definition) is 5. The van der Waals surface area contributed by atoms with Crippen molar-refractivity contribution in [2.24, 2.45) is 0 Å². The number of thiophene rings is 1. The van der Waals surface area contributed by atoms with Crippen LogP contribution in [0.5, 0.6) is 0 Å². The molecule has 0 unspecified atom stereocenters. The molecule has 1 saturated heterocycles. The molecule has 124 valence electrons. The number of rotatable bonds is 6. The second-order valence-electron chi connectivity index (χ2n) is 5.54. The maximum Gasteiger partial charge on any atom is 0.166 e. The molecule has 3 rings (SSSR count). The summed E-state index contributed by atoms with van der Waals surface area (Å²) in [6.45, 7) is 4.56. The summed E-state index contributed by atoms with van der Waals surface area (Å²) in [5, 5.41) is 10.4. The summed E-state index contributed by atoms with van der Waals surface area (Å²) in [5.41, 5.74) is 1.09. The van der Waals surface area contributed by atoms with Crippen molar-refractivity contribution >= 4 is 40.0 Å². The maximum atomic E-state index is 5.57. The van der Waals surface area contributed by atoms with Crippen LogP contribution in [0, 0.1) is 6.92 Å². The molecule has 0 bridgehead atoms. The molecule has 2 aromatic heterocycles. The zero-order chi connectivity index (χ0) is 16.1. The Bertz CT molecular complexity index is 647. The third-order valence-corrected chi connectivity index (χ3v) is 5.93. The largest absolute Gasteiger partial charge is 0.376 e. The lowest BCUT2D eigenvalue weighted by Gasteiger charge is -2.13. The second kappa shape index (κ2) is 8.19.